The molecule has 0 saturated carbocycles. The number of benzene rings is 3. The van der Waals surface area contributed by atoms with Crippen LogP contribution in [0, 0.1) is 20.8 Å². The monoisotopic (exact) mass is 569 g/mol. The van der Waals surface area contributed by atoms with Crippen LogP contribution in [-0.2, 0) is 26.2 Å². The van der Waals surface area contributed by atoms with Crippen molar-refractivity contribution in [2.75, 3.05) is 10.8 Å². The fourth-order valence-corrected chi connectivity index (χ4v) is 5.91. The zero-order valence-electron chi connectivity index (χ0n) is 23.2. The molecule has 2 amide bonds. The molecular formula is C30H36ClN3O4S. The van der Waals surface area contributed by atoms with Crippen LogP contribution in [0.4, 0.5) is 5.69 Å². The topological polar surface area (TPSA) is 86.8 Å². The van der Waals surface area contributed by atoms with Crippen molar-refractivity contribution >= 4 is 39.1 Å². The van der Waals surface area contributed by atoms with Gasteiger partial charge in [-0.1, -0.05) is 65.2 Å². The van der Waals surface area contributed by atoms with Gasteiger partial charge in [0.25, 0.3) is 10.0 Å². The highest BCUT2D eigenvalue weighted by atomic mass is 35.5. The Bertz CT molecular complexity index is 1440. The van der Waals surface area contributed by atoms with Gasteiger partial charge in [0.15, 0.2) is 0 Å². The van der Waals surface area contributed by atoms with Crippen molar-refractivity contribution in [2.45, 2.75) is 65.1 Å². The van der Waals surface area contributed by atoms with E-state index in [9.17, 15) is 18.0 Å². The van der Waals surface area contributed by atoms with Crippen LogP contribution in [0.2, 0.25) is 5.02 Å². The lowest BCUT2D eigenvalue weighted by Crippen LogP contribution is -2.52. The molecule has 39 heavy (non-hydrogen) atoms. The Hall–Kier alpha value is -3.36. The number of rotatable bonds is 10. The normalized spacial score (nSPS) is 12.2. The van der Waals surface area contributed by atoms with E-state index in [1.165, 1.54) is 17.0 Å². The summed E-state index contributed by atoms with van der Waals surface area (Å²) in [5.41, 5.74) is 3.64. The van der Waals surface area contributed by atoms with E-state index >= 15 is 0 Å². The van der Waals surface area contributed by atoms with Crippen LogP contribution in [0.1, 0.15) is 43.0 Å². The van der Waals surface area contributed by atoms with Crippen molar-refractivity contribution in [1.82, 2.24) is 10.2 Å². The molecule has 0 saturated heterocycles. The highest BCUT2D eigenvalue weighted by Crippen LogP contribution is 2.29. The quantitative estimate of drug-likeness (QED) is 0.354. The van der Waals surface area contributed by atoms with E-state index < -0.39 is 28.5 Å². The molecule has 1 N–H and O–H groups in total. The summed E-state index contributed by atoms with van der Waals surface area (Å²) in [5, 5.41) is 3.29. The van der Waals surface area contributed by atoms with Gasteiger partial charge in [0, 0.05) is 17.6 Å². The van der Waals surface area contributed by atoms with E-state index in [4.69, 9.17) is 11.6 Å². The lowest BCUT2D eigenvalue weighted by atomic mass is 10.1. The van der Waals surface area contributed by atoms with Gasteiger partial charge in [-0.25, -0.2) is 8.42 Å². The third-order valence-corrected chi connectivity index (χ3v) is 8.55. The molecule has 0 aliphatic heterocycles. The molecule has 0 aliphatic carbocycles. The molecule has 0 spiro atoms. The number of carbonyl (C=O) groups excluding carboxylic acids is 2. The predicted octanol–water partition coefficient (Wildman–Crippen LogP) is 5.40. The fourth-order valence-electron chi connectivity index (χ4n) is 4.23. The first-order valence-electron chi connectivity index (χ1n) is 12.8. The minimum atomic E-state index is -4.12. The van der Waals surface area contributed by atoms with E-state index in [0.29, 0.717) is 21.8 Å². The third kappa shape index (κ3) is 7.40. The Morgan fingerprint density at radius 3 is 2.10 bits per heavy atom. The maximum absolute atomic E-state index is 14.0. The number of aryl methyl sites for hydroxylation is 3. The Kier molecular flexibility index (Phi) is 9.80. The Morgan fingerprint density at radius 1 is 0.897 bits per heavy atom. The number of sulfonamides is 1. The molecule has 1 unspecified atom stereocenters. The summed E-state index contributed by atoms with van der Waals surface area (Å²) in [6.07, 6.45) is 0. The molecule has 7 nitrogen and oxygen atoms in total. The molecule has 0 bridgehead atoms. The molecule has 9 heteroatoms. The summed E-state index contributed by atoms with van der Waals surface area (Å²) in [6, 6.07) is 18.0. The van der Waals surface area contributed by atoms with Crippen LogP contribution in [0.25, 0.3) is 0 Å². The molecule has 3 aromatic carbocycles. The lowest BCUT2D eigenvalue weighted by Gasteiger charge is -2.33. The smallest absolute Gasteiger partial charge is 0.264 e. The SMILES string of the molecule is Cc1ccc(S(=O)(=O)N(CC(=O)N(Cc2ccccc2Cl)C(C)C(=O)NC(C)C)c2ccc(C)cc2C)cc1. The number of anilines is 1. The second-order valence-electron chi connectivity index (χ2n) is 10.1. The molecule has 1 atom stereocenters. The molecule has 0 fully saturated rings. The minimum Gasteiger partial charge on any atom is -0.352 e. The first kappa shape index (κ1) is 30.2. The Morgan fingerprint density at radius 2 is 1.51 bits per heavy atom. The van der Waals surface area contributed by atoms with E-state index in [-0.39, 0.29) is 23.4 Å². The summed E-state index contributed by atoms with van der Waals surface area (Å²) >= 11 is 6.40. The summed E-state index contributed by atoms with van der Waals surface area (Å²) in [5.74, 6) is -0.873. The molecular weight excluding hydrogens is 534 g/mol. The predicted molar refractivity (Wildman–Crippen MR) is 156 cm³/mol. The van der Waals surface area contributed by atoms with Crippen LogP contribution in [-0.4, -0.2) is 43.8 Å². The molecule has 208 valence electrons. The summed E-state index contributed by atoms with van der Waals surface area (Å²) < 4.78 is 29.0. The van der Waals surface area contributed by atoms with E-state index in [1.54, 1.807) is 49.4 Å². The van der Waals surface area contributed by atoms with Gasteiger partial charge in [-0.15, -0.1) is 0 Å². The molecule has 3 aromatic rings. The zero-order chi connectivity index (χ0) is 28.9. The largest absolute Gasteiger partial charge is 0.352 e. The van der Waals surface area contributed by atoms with E-state index in [2.05, 4.69) is 5.32 Å². The van der Waals surface area contributed by atoms with Gasteiger partial charge in [-0.2, -0.15) is 0 Å². The number of nitrogens with zero attached hydrogens (tertiary/aromatic N) is 2. The molecule has 0 aromatic heterocycles. The second kappa shape index (κ2) is 12.7. The molecule has 0 radical (unpaired) electrons. The molecule has 0 aliphatic rings. The number of nitrogens with one attached hydrogen (secondary N) is 1. The second-order valence-corrected chi connectivity index (χ2v) is 12.3. The number of amides is 2. The highest BCUT2D eigenvalue weighted by Gasteiger charge is 2.33. The van der Waals surface area contributed by atoms with E-state index in [0.717, 1.165) is 15.4 Å². The highest BCUT2D eigenvalue weighted by molar-refractivity contribution is 7.92. The van der Waals surface area contributed by atoms with Crippen LogP contribution in [0.5, 0.6) is 0 Å². The molecule has 0 heterocycles. The standard InChI is InChI=1S/C30H36ClN3O4S/c1-20(2)32-30(36)24(6)33(18-25-9-7-8-10-27(25)31)29(35)19-34(28-16-13-22(4)17-23(28)5)39(37,38)26-14-11-21(3)12-15-26/h7-17,20,24H,18-19H2,1-6H3,(H,32,36). The maximum atomic E-state index is 14.0. The van der Waals surface area contributed by atoms with Gasteiger partial charge < -0.3 is 10.2 Å². The minimum absolute atomic E-state index is 0.0382. The van der Waals surface area contributed by atoms with Gasteiger partial charge in [-0.3, -0.25) is 13.9 Å². The lowest BCUT2D eigenvalue weighted by molar-refractivity contribution is -0.139. The van der Waals surface area contributed by atoms with Gasteiger partial charge in [0.2, 0.25) is 11.8 Å². The van der Waals surface area contributed by atoms with Crippen molar-refractivity contribution in [1.29, 1.82) is 0 Å². The number of carbonyl (C=O) groups is 2. The molecule has 3 rings (SSSR count). The van der Waals surface area contributed by atoms with Crippen molar-refractivity contribution in [2.24, 2.45) is 0 Å². The third-order valence-electron chi connectivity index (χ3n) is 6.41. The van der Waals surface area contributed by atoms with Crippen LogP contribution < -0.4 is 9.62 Å². The van der Waals surface area contributed by atoms with Crippen LogP contribution >= 0.6 is 11.6 Å². The van der Waals surface area contributed by atoms with Gasteiger partial charge in [0.05, 0.1) is 10.6 Å². The van der Waals surface area contributed by atoms with Crippen LogP contribution in [0.15, 0.2) is 71.6 Å². The van der Waals surface area contributed by atoms with Gasteiger partial charge in [-0.05, 0) is 76.9 Å². The Balaban J connectivity index is 2.08. The fraction of sp³-hybridized carbons (Fsp3) is 0.333. The summed E-state index contributed by atoms with van der Waals surface area (Å²) in [6.45, 7) is 10.4. The van der Waals surface area contributed by atoms with Crippen molar-refractivity contribution in [3.63, 3.8) is 0 Å². The van der Waals surface area contributed by atoms with Crippen molar-refractivity contribution < 1.29 is 18.0 Å². The maximum Gasteiger partial charge on any atom is 0.264 e. The summed E-state index contributed by atoms with van der Waals surface area (Å²) in [7, 11) is -4.12. The van der Waals surface area contributed by atoms with Gasteiger partial charge in [0.1, 0.15) is 12.6 Å². The number of halogens is 1. The van der Waals surface area contributed by atoms with E-state index in [1.807, 2.05) is 46.8 Å². The zero-order valence-corrected chi connectivity index (χ0v) is 24.8. The van der Waals surface area contributed by atoms with Gasteiger partial charge >= 0.3 is 0 Å². The number of hydrogen-bond donors (Lipinski definition) is 1. The first-order chi connectivity index (χ1) is 18.3. The van der Waals surface area contributed by atoms with Crippen LogP contribution in [0.3, 0.4) is 0 Å². The average Bonchev–Trinajstić information content (AvgIpc) is 2.86. The number of hydrogen-bond acceptors (Lipinski definition) is 4. The van der Waals surface area contributed by atoms with Crippen molar-refractivity contribution in [3.05, 3.63) is 94.0 Å². The summed E-state index contributed by atoms with van der Waals surface area (Å²) in [4.78, 5) is 28.4. The Labute approximate surface area is 236 Å². The average molecular weight is 570 g/mol. The van der Waals surface area contributed by atoms with Crippen molar-refractivity contribution in [3.8, 4) is 0 Å². The first-order valence-corrected chi connectivity index (χ1v) is 14.6.